The molecular formula is C30H66Cl2N2. The third-order valence-electron chi connectivity index (χ3n) is 7.93. The van der Waals surface area contributed by atoms with Crippen molar-refractivity contribution in [3.63, 3.8) is 0 Å². The van der Waals surface area contributed by atoms with Crippen LogP contribution in [0.4, 0.5) is 0 Å². The number of unbranched alkanes of at least 4 members (excludes halogenated alkanes) is 9. The van der Waals surface area contributed by atoms with Gasteiger partial charge < -0.3 is 33.8 Å². The summed E-state index contributed by atoms with van der Waals surface area (Å²) in [5, 5.41) is 0. The number of hydrogen-bond donors (Lipinski definition) is 0. The third-order valence-corrected chi connectivity index (χ3v) is 7.93. The first-order valence-electron chi connectivity index (χ1n) is 15.3. The highest BCUT2D eigenvalue weighted by molar-refractivity contribution is 4.53. The lowest BCUT2D eigenvalue weighted by atomic mass is 10.1. The Hall–Kier alpha value is 0.500. The highest BCUT2D eigenvalue weighted by Gasteiger charge is 2.26. The van der Waals surface area contributed by atoms with Crippen LogP contribution in [0.15, 0.2) is 0 Å². The molecule has 0 amide bonds. The average molecular weight is 526 g/mol. The van der Waals surface area contributed by atoms with Crippen molar-refractivity contribution in [1.29, 1.82) is 0 Å². The Morgan fingerprint density at radius 2 is 0.441 bits per heavy atom. The zero-order valence-corrected chi connectivity index (χ0v) is 26.1. The molecule has 0 heterocycles. The Morgan fingerprint density at radius 3 is 0.618 bits per heavy atom. The number of nitrogens with zero attached hydrogens (tertiary/aromatic N) is 2. The van der Waals surface area contributed by atoms with Crippen LogP contribution in [-0.4, -0.2) is 61.3 Å². The normalized spacial score (nSPS) is 11.8. The maximum absolute atomic E-state index is 2.37. The molecule has 0 aliphatic carbocycles. The van der Waals surface area contributed by atoms with Crippen LogP contribution in [0.25, 0.3) is 0 Å². The molecule has 34 heavy (non-hydrogen) atoms. The van der Waals surface area contributed by atoms with E-state index in [1.165, 1.54) is 164 Å². The molecule has 0 saturated heterocycles. The maximum Gasteiger partial charge on any atom is 0.0786 e. The number of halogens is 2. The fraction of sp³-hybridized carbons (Fsp3) is 1.00. The summed E-state index contributed by atoms with van der Waals surface area (Å²) in [5.74, 6) is 0. The van der Waals surface area contributed by atoms with Gasteiger partial charge in [0.2, 0.25) is 0 Å². The van der Waals surface area contributed by atoms with E-state index in [-0.39, 0.29) is 24.8 Å². The monoisotopic (exact) mass is 524 g/mol. The quantitative estimate of drug-likeness (QED) is 0.127. The van der Waals surface area contributed by atoms with Gasteiger partial charge in [-0.2, -0.15) is 0 Å². The van der Waals surface area contributed by atoms with Gasteiger partial charge in [-0.05, 0) is 64.2 Å². The van der Waals surface area contributed by atoms with Crippen molar-refractivity contribution < 1.29 is 33.8 Å². The van der Waals surface area contributed by atoms with Crippen LogP contribution < -0.4 is 24.8 Å². The predicted octanol–water partition coefficient (Wildman–Crippen LogP) is 2.99. The molecule has 0 aliphatic rings. The molecule has 0 atom stereocenters. The van der Waals surface area contributed by atoms with E-state index in [1.807, 2.05) is 0 Å². The summed E-state index contributed by atoms with van der Waals surface area (Å²) < 4.78 is 2.86. The Kier molecular flexibility index (Phi) is 30.5. The Morgan fingerprint density at radius 1 is 0.265 bits per heavy atom. The summed E-state index contributed by atoms with van der Waals surface area (Å²) in [4.78, 5) is 0. The average Bonchev–Trinajstić information content (AvgIpc) is 2.82. The van der Waals surface area contributed by atoms with Crippen molar-refractivity contribution in [2.45, 2.75) is 144 Å². The van der Waals surface area contributed by atoms with Gasteiger partial charge in [-0.15, -0.1) is 0 Å². The topological polar surface area (TPSA) is 0 Å². The highest BCUT2D eigenvalue weighted by Crippen LogP contribution is 2.20. The van der Waals surface area contributed by atoms with E-state index in [4.69, 9.17) is 0 Å². The number of quaternary nitrogens is 2. The van der Waals surface area contributed by atoms with Gasteiger partial charge in [-0.3, -0.25) is 0 Å². The summed E-state index contributed by atoms with van der Waals surface area (Å²) in [6.07, 6.45) is 22.4. The van der Waals surface area contributed by atoms with E-state index < -0.39 is 0 Å². The van der Waals surface area contributed by atoms with Gasteiger partial charge in [0.25, 0.3) is 0 Å². The van der Waals surface area contributed by atoms with E-state index >= 15 is 0 Å². The van der Waals surface area contributed by atoms with Gasteiger partial charge in [0, 0.05) is 0 Å². The van der Waals surface area contributed by atoms with E-state index in [2.05, 4.69) is 41.5 Å². The molecule has 0 N–H and O–H groups in total. The van der Waals surface area contributed by atoms with E-state index in [9.17, 15) is 0 Å². The summed E-state index contributed by atoms with van der Waals surface area (Å²) in [6, 6.07) is 0. The molecule has 2 nitrogen and oxygen atoms in total. The van der Waals surface area contributed by atoms with Crippen molar-refractivity contribution >= 4 is 0 Å². The van der Waals surface area contributed by atoms with E-state index in [1.54, 1.807) is 0 Å². The van der Waals surface area contributed by atoms with Gasteiger partial charge in [-0.25, -0.2) is 0 Å². The molecule has 210 valence electrons. The minimum atomic E-state index is 0. The first-order valence-corrected chi connectivity index (χ1v) is 15.3. The van der Waals surface area contributed by atoms with Crippen LogP contribution in [0.5, 0.6) is 0 Å². The van der Waals surface area contributed by atoms with Gasteiger partial charge in [-0.1, -0.05) is 80.1 Å². The second-order valence-corrected chi connectivity index (χ2v) is 11.0. The van der Waals surface area contributed by atoms with Crippen molar-refractivity contribution in [3.8, 4) is 0 Å². The van der Waals surface area contributed by atoms with Crippen LogP contribution in [0, 0.1) is 0 Å². The molecule has 0 aromatic rings. The molecule has 0 bridgehead atoms. The molecule has 4 heteroatoms. The molecule has 0 spiro atoms. The van der Waals surface area contributed by atoms with Gasteiger partial charge >= 0.3 is 0 Å². The van der Waals surface area contributed by atoms with Gasteiger partial charge in [0.05, 0.1) is 52.4 Å². The lowest BCUT2D eigenvalue weighted by Gasteiger charge is -2.40. The third kappa shape index (κ3) is 18.7. The fourth-order valence-electron chi connectivity index (χ4n) is 5.55. The second-order valence-electron chi connectivity index (χ2n) is 11.0. The minimum Gasteiger partial charge on any atom is -1.00 e. The first kappa shape index (κ1) is 39.0. The van der Waals surface area contributed by atoms with Crippen LogP contribution in [0.2, 0.25) is 0 Å². The molecule has 0 unspecified atom stereocenters. The number of hydrogen-bond acceptors (Lipinski definition) is 0. The molecule has 0 saturated carbocycles. The van der Waals surface area contributed by atoms with E-state index in [0.29, 0.717) is 0 Å². The van der Waals surface area contributed by atoms with Crippen LogP contribution in [0.3, 0.4) is 0 Å². The summed E-state index contributed by atoms with van der Waals surface area (Å²) in [7, 11) is 0. The molecule has 0 radical (unpaired) electrons. The Labute approximate surface area is 230 Å². The maximum atomic E-state index is 2.37. The summed E-state index contributed by atoms with van der Waals surface area (Å²) >= 11 is 0. The number of rotatable bonds is 25. The molecule has 0 rings (SSSR count). The second kappa shape index (κ2) is 26.6. The zero-order valence-electron chi connectivity index (χ0n) is 24.6. The van der Waals surface area contributed by atoms with Crippen LogP contribution >= 0.6 is 0 Å². The predicted molar refractivity (Wildman–Crippen MR) is 147 cm³/mol. The van der Waals surface area contributed by atoms with E-state index in [0.717, 1.165) is 0 Å². The van der Waals surface area contributed by atoms with Crippen molar-refractivity contribution in [2.24, 2.45) is 0 Å². The SMILES string of the molecule is CCCC[N+](CCCC)(CCCC)CCCCCC[N+](CCCC)(CCCC)CCCC.[Cl-].[Cl-]. The van der Waals surface area contributed by atoms with Gasteiger partial charge in [0.15, 0.2) is 0 Å². The van der Waals surface area contributed by atoms with Crippen molar-refractivity contribution in [2.75, 3.05) is 52.4 Å². The largest absolute Gasteiger partial charge is 1.00 e. The minimum absolute atomic E-state index is 0. The smallest absolute Gasteiger partial charge is 0.0786 e. The first-order chi connectivity index (χ1) is 15.6. The lowest BCUT2D eigenvalue weighted by molar-refractivity contribution is -0.929. The fourth-order valence-corrected chi connectivity index (χ4v) is 5.55. The Bertz CT molecular complexity index is 310. The van der Waals surface area contributed by atoms with Crippen molar-refractivity contribution in [1.82, 2.24) is 0 Å². The Balaban J connectivity index is -0.00000480. The van der Waals surface area contributed by atoms with Crippen LogP contribution in [0.1, 0.15) is 144 Å². The van der Waals surface area contributed by atoms with Gasteiger partial charge in [0.1, 0.15) is 0 Å². The van der Waals surface area contributed by atoms with Crippen LogP contribution in [-0.2, 0) is 0 Å². The molecule has 0 aliphatic heterocycles. The molecule has 0 aromatic carbocycles. The summed E-state index contributed by atoms with van der Waals surface area (Å²) in [6.45, 7) is 25.7. The standard InChI is InChI=1S/C30H66N2.2ClH/c1-7-13-23-31(24-14-8-2,25-15-9-3)29-21-19-20-22-30-32(26-16-10-4,27-17-11-5)28-18-12-6;;/h7-30H2,1-6H3;2*1H/q+2;;/p-2. The van der Waals surface area contributed by atoms with Crippen molar-refractivity contribution in [3.05, 3.63) is 0 Å². The summed E-state index contributed by atoms with van der Waals surface area (Å²) in [5.41, 5.74) is 0. The highest BCUT2D eigenvalue weighted by atomic mass is 35.5. The molecule has 0 aromatic heterocycles. The molecule has 0 fully saturated rings. The lowest BCUT2D eigenvalue weighted by Crippen LogP contribution is -3.00. The molecular weight excluding hydrogens is 459 g/mol. The zero-order chi connectivity index (χ0) is 24.0.